The quantitative estimate of drug-likeness (QED) is 0.855. The third-order valence-electron chi connectivity index (χ3n) is 3.27. The number of nitrogens with two attached hydrogens (primary N) is 1. The van der Waals surface area contributed by atoms with Crippen LogP contribution in [-0.4, -0.2) is 36.6 Å². The summed E-state index contributed by atoms with van der Waals surface area (Å²) in [4.78, 5) is 14.1. The molecule has 1 aromatic carbocycles. The van der Waals surface area contributed by atoms with Gasteiger partial charge in [0.05, 0.1) is 16.7 Å². The van der Waals surface area contributed by atoms with Gasteiger partial charge in [-0.1, -0.05) is 29.3 Å². The number of amides is 1. The molecule has 1 aliphatic rings. The number of rotatable bonds is 6. The number of carbonyl (C=O) groups is 1. The van der Waals surface area contributed by atoms with E-state index in [4.69, 9.17) is 33.7 Å². The number of hydrogen-bond acceptors (Lipinski definition) is 3. The minimum absolute atomic E-state index is 0. The first kappa shape index (κ1) is 18.5. The van der Waals surface area contributed by atoms with E-state index >= 15 is 0 Å². The molecule has 2 rings (SSSR count). The van der Waals surface area contributed by atoms with E-state index in [1.54, 1.807) is 12.1 Å². The fraction of sp³-hybridized carbons (Fsp3) is 0.500. The Balaban J connectivity index is 0.00000220. The molecule has 0 spiro atoms. The van der Waals surface area contributed by atoms with E-state index in [9.17, 15) is 4.79 Å². The summed E-state index contributed by atoms with van der Waals surface area (Å²) in [6, 6.07) is 5.06. The molecule has 21 heavy (non-hydrogen) atoms. The van der Waals surface area contributed by atoms with E-state index < -0.39 is 6.04 Å². The molecule has 0 bridgehead atoms. The first-order valence-corrected chi connectivity index (χ1v) is 7.27. The summed E-state index contributed by atoms with van der Waals surface area (Å²) in [6.45, 7) is 0.723. The fourth-order valence-electron chi connectivity index (χ4n) is 2.07. The maximum absolute atomic E-state index is 12.3. The Morgan fingerprint density at radius 3 is 2.62 bits per heavy atom. The van der Waals surface area contributed by atoms with Gasteiger partial charge in [0.15, 0.2) is 0 Å². The van der Waals surface area contributed by atoms with Gasteiger partial charge in [-0.05, 0) is 30.5 Å². The molecular weight excluding hydrogens is 335 g/mol. The second-order valence-corrected chi connectivity index (χ2v) is 5.82. The van der Waals surface area contributed by atoms with Gasteiger partial charge in [-0.2, -0.15) is 0 Å². The van der Waals surface area contributed by atoms with E-state index in [-0.39, 0.29) is 31.0 Å². The highest BCUT2D eigenvalue weighted by molar-refractivity contribution is 6.42. The summed E-state index contributed by atoms with van der Waals surface area (Å²) in [6.07, 6.45) is 2.04. The lowest BCUT2D eigenvalue weighted by atomic mass is 10.2. The van der Waals surface area contributed by atoms with Crippen LogP contribution in [-0.2, 0) is 16.1 Å². The zero-order valence-corrected chi connectivity index (χ0v) is 14.0. The van der Waals surface area contributed by atoms with Crippen LogP contribution in [0, 0.1) is 0 Å². The van der Waals surface area contributed by atoms with Gasteiger partial charge in [-0.25, -0.2) is 0 Å². The lowest BCUT2D eigenvalue weighted by Crippen LogP contribution is -2.46. The van der Waals surface area contributed by atoms with Gasteiger partial charge in [0.25, 0.3) is 0 Å². The molecule has 0 radical (unpaired) electrons. The zero-order valence-electron chi connectivity index (χ0n) is 11.7. The molecule has 4 nitrogen and oxygen atoms in total. The molecule has 118 valence electrons. The maximum atomic E-state index is 12.3. The number of ether oxygens (including phenoxy) is 1. The summed E-state index contributed by atoms with van der Waals surface area (Å²) in [5, 5.41) is 1.00. The standard InChI is InChI=1S/C14H18Cl2N2O2.ClH/c1-20-8-13(17)14(19)18(10-3-4-10)7-9-2-5-11(15)12(16)6-9;/h2,5-6,10,13H,3-4,7-8,17H2,1H3;1H. The number of halogens is 3. The van der Waals surface area contributed by atoms with Crippen molar-refractivity contribution in [1.82, 2.24) is 4.90 Å². The summed E-state index contributed by atoms with van der Waals surface area (Å²) in [7, 11) is 1.54. The van der Waals surface area contributed by atoms with E-state index in [2.05, 4.69) is 0 Å². The molecule has 2 N–H and O–H groups in total. The third kappa shape index (κ3) is 5.01. The van der Waals surface area contributed by atoms with Crippen molar-refractivity contribution in [1.29, 1.82) is 0 Å². The van der Waals surface area contributed by atoms with Crippen LogP contribution in [0.25, 0.3) is 0 Å². The zero-order chi connectivity index (χ0) is 14.7. The van der Waals surface area contributed by atoms with E-state index in [1.807, 2.05) is 11.0 Å². The van der Waals surface area contributed by atoms with Crippen molar-refractivity contribution in [2.45, 2.75) is 31.5 Å². The summed E-state index contributed by atoms with van der Waals surface area (Å²) >= 11 is 11.9. The maximum Gasteiger partial charge on any atom is 0.242 e. The van der Waals surface area contributed by atoms with Crippen LogP contribution in [0.1, 0.15) is 18.4 Å². The van der Waals surface area contributed by atoms with Crippen LogP contribution in [0.2, 0.25) is 10.0 Å². The van der Waals surface area contributed by atoms with Crippen molar-refractivity contribution in [3.8, 4) is 0 Å². The number of benzene rings is 1. The van der Waals surface area contributed by atoms with Crippen molar-refractivity contribution >= 4 is 41.5 Å². The van der Waals surface area contributed by atoms with Crippen molar-refractivity contribution in [3.63, 3.8) is 0 Å². The topological polar surface area (TPSA) is 55.6 Å². The Morgan fingerprint density at radius 2 is 2.10 bits per heavy atom. The molecule has 0 aliphatic heterocycles. The molecule has 0 heterocycles. The average molecular weight is 354 g/mol. The third-order valence-corrected chi connectivity index (χ3v) is 4.01. The molecule has 1 fully saturated rings. The Labute approximate surface area is 140 Å². The van der Waals surface area contributed by atoms with Gasteiger partial charge in [0, 0.05) is 19.7 Å². The molecule has 1 saturated carbocycles. The molecule has 0 aromatic heterocycles. The molecule has 1 unspecified atom stereocenters. The lowest BCUT2D eigenvalue weighted by Gasteiger charge is -2.25. The van der Waals surface area contributed by atoms with Crippen molar-refractivity contribution < 1.29 is 9.53 Å². The largest absolute Gasteiger partial charge is 0.383 e. The Kier molecular flexibility index (Phi) is 7.24. The number of hydrogen-bond donors (Lipinski definition) is 1. The minimum atomic E-state index is -0.622. The second kappa shape index (κ2) is 8.20. The van der Waals surface area contributed by atoms with Crippen LogP contribution in [0.3, 0.4) is 0 Å². The van der Waals surface area contributed by atoms with Gasteiger partial charge in [-0.15, -0.1) is 12.4 Å². The highest BCUT2D eigenvalue weighted by Crippen LogP contribution is 2.30. The Morgan fingerprint density at radius 1 is 1.43 bits per heavy atom. The highest BCUT2D eigenvalue weighted by atomic mass is 35.5. The van der Waals surface area contributed by atoms with Crippen LogP contribution in [0.4, 0.5) is 0 Å². The van der Waals surface area contributed by atoms with Crippen LogP contribution < -0.4 is 5.73 Å². The Hall–Kier alpha value is -0.520. The van der Waals surface area contributed by atoms with Gasteiger partial charge in [0.2, 0.25) is 5.91 Å². The van der Waals surface area contributed by atoms with E-state index in [1.165, 1.54) is 7.11 Å². The Bertz CT molecular complexity index is 495. The predicted molar refractivity (Wildman–Crippen MR) is 87.1 cm³/mol. The highest BCUT2D eigenvalue weighted by Gasteiger charge is 2.34. The van der Waals surface area contributed by atoms with Gasteiger partial charge in [0.1, 0.15) is 6.04 Å². The smallest absolute Gasteiger partial charge is 0.242 e. The van der Waals surface area contributed by atoms with Crippen molar-refractivity contribution in [3.05, 3.63) is 33.8 Å². The van der Waals surface area contributed by atoms with Crippen molar-refractivity contribution in [2.24, 2.45) is 5.73 Å². The normalized spacial score (nSPS) is 15.2. The molecule has 1 amide bonds. The predicted octanol–water partition coefficient (Wildman–Crippen LogP) is 2.88. The number of nitrogens with zero attached hydrogens (tertiary/aromatic N) is 1. The van der Waals surface area contributed by atoms with Crippen molar-refractivity contribution in [2.75, 3.05) is 13.7 Å². The summed E-state index contributed by atoms with van der Waals surface area (Å²) in [5.74, 6) is -0.0829. The van der Waals surface area contributed by atoms with Crippen LogP contribution >= 0.6 is 35.6 Å². The molecule has 1 aromatic rings. The second-order valence-electron chi connectivity index (χ2n) is 5.01. The monoisotopic (exact) mass is 352 g/mol. The van der Waals surface area contributed by atoms with E-state index in [0.29, 0.717) is 16.6 Å². The number of methoxy groups -OCH3 is 1. The molecule has 1 aliphatic carbocycles. The van der Waals surface area contributed by atoms with Crippen LogP contribution in [0.5, 0.6) is 0 Å². The number of carbonyl (C=O) groups excluding carboxylic acids is 1. The summed E-state index contributed by atoms with van der Waals surface area (Å²) < 4.78 is 4.95. The first-order chi connectivity index (χ1) is 9.52. The van der Waals surface area contributed by atoms with Crippen LogP contribution in [0.15, 0.2) is 18.2 Å². The summed E-state index contributed by atoms with van der Waals surface area (Å²) in [5.41, 5.74) is 6.79. The molecular formula is C14H19Cl3N2O2. The minimum Gasteiger partial charge on any atom is -0.383 e. The first-order valence-electron chi connectivity index (χ1n) is 6.52. The molecule has 0 saturated heterocycles. The average Bonchev–Trinajstić information content (AvgIpc) is 3.24. The van der Waals surface area contributed by atoms with Gasteiger partial charge in [-0.3, -0.25) is 4.79 Å². The SMILES string of the molecule is COCC(N)C(=O)N(Cc1ccc(Cl)c(Cl)c1)C1CC1.Cl. The van der Waals surface area contributed by atoms with E-state index in [0.717, 1.165) is 18.4 Å². The molecule has 7 heteroatoms. The molecule has 1 atom stereocenters. The van der Waals surface area contributed by atoms with Gasteiger partial charge >= 0.3 is 0 Å². The lowest BCUT2D eigenvalue weighted by molar-refractivity contribution is -0.135. The fourth-order valence-corrected chi connectivity index (χ4v) is 2.39. The van der Waals surface area contributed by atoms with Gasteiger partial charge < -0.3 is 15.4 Å².